The summed E-state index contributed by atoms with van der Waals surface area (Å²) in [5.74, 6) is -1.43. The number of carbonyl (C=O) groups excluding carboxylic acids is 1. The van der Waals surface area contributed by atoms with E-state index >= 15 is 0 Å². The maximum absolute atomic E-state index is 12.8. The van der Waals surface area contributed by atoms with Gasteiger partial charge in [0.25, 0.3) is 5.91 Å². The fraction of sp³-hybridized carbons (Fsp3) is 0.312. The predicted octanol–water partition coefficient (Wildman–Crippen LogP) is 2.85. The molecule has 1 atom stereocenters. The first kappa shape index (κ1) is 15.0. The molecule has 1 fully saturated rings. The number of aliphatic carboxylic acids is 1. The Hall–Kier alpha value is -1.95. The van der Waals surface area contributed by atoms with Crippen LogP contribution in [0, 0.1) is 12.8 Å². The summed E-state index contributed by atoms with van der Waals surface area (Å²) in [7, 11) is 0. The number of carboxylic acids is 1. The van der Waals surface area contributed by atoms with Crippen molar-refractivity contribution in [2.45, 2.75) is 13.3 Å². The van der Waals surface area contributed by atoms with E-state index < -0.39 is 11.9 Å². The fourth-order valence-corrected chi connectivity index (χ4v) is 3.19. The van der Waals surface area contributed by atoms with Crippen molar-refractivity contribution in [3.8, 4) is 0 Å². The molecule has 22 heavy (non-hydrogen) atoms. The maximum atomic E-state index is 12.8. The third-order valence-corrected chi connectivity index (χ3v) is 4.45. The molecule has 1 saturated heterocycles. The molecular formula is C16H15BrN2O3. The molecule has 1 amide bonds. The Labute approximate surface area is 136 Å². The van der Waals surface area contributed by atoms with E-state index in [2.05, 4.69) is 20.9 Å². The summed E-state index contributed by atoms with van der Waals surface area (Å²) in [6.45, 7) is 2.60. The van der Waals surface area contributed by atoms with Crippen molar-refractivity contribution in [3.63, 3.8) is 0 Å². The van der Waals surface area contributed by atoms with Crippen LogP contribution < -0.4 is 0 Å². The van der Waals surface area contributed by atoms with Gasteiger partial charge in [0.05, 0.1) is 17.0 Å². The quantitative estimate of drug-likeness (QED) is 0.891. The van der Waals surface area contributed by atoms with Gasteiger partial charge in [-0.15, -0.1) is 0 Å². The summed E-state index contributed by atoms with van der Waals surface area (Å²) in [5.41, 5.74) is 2.11. The van der Waals surface area contributed by atoms with E-state index in [4.69, 9.17) is 5.11 Å². The van der Waals surface area contributed by atoms with Crippen LogP contribution in [-0.4, -0.2) is 40.0 Å². The van der Waals surface area contributed by atoms with Gasteiger partial charge in [-0.3, -0.25) is 14.6 Å². The SMILES string of the molecule is Cc1cc(C(=O)N2CC[C@@H](C(=O)O)C2)c2cc(Br)ccc2n1. The van der Waals surface area contributed by atoms with Crippen LogP contribution in [-0.2, 0) is 4.79 Å². The van der Waals surface area contributed by atoms with Gasteiger partial charge in [-0.1, -0.05) is 15.9 Å². The molecule has 1 N–H and O–H groups in total. The summed E-state index contributed by atoms with van der Waals surface area (Å²) in [6.07, 6.45) is 0.507. The van der Waals surface area contributed by atoms with Gasteiger partial charge in [-0.2, -0.15) is 0 Å². The van der Waals surface area contributed by atoms with E-state index in [9.17, 15) is 9.59 Å². The first-order valence-corrected chi connectivity index (χ1v) is 7.84. The van der Waals surface area contributed by atoms with Crippen molar-refractivity contribution in [1.82, 2.24) is 9.88 Å². The summed E-state index contributed by atoms with van der Waals surface area (Å²) in [5, 5.41) is 9.86. The number of nitrogens with zero attached hydrogens (tertiary/aromatic N) is 2. The minimum atomic E-state index is -0.839. The van der Waals surface area contributed by atoms with E-state index in [0.717, 1.165) is 21.1 Å². The van der Waals surface area contributed by atoms with Crippen molar-refractivity contribution in [2.24, 2.45) is 5.92 Å². The van der Waals surface area contributed by atoms with E-state index in [0.29, 0.717) is 18.5 Å². The van der Waals surface area contributed by atoms with Crippen LogP contribution in [0.2, 0.25) is 0 Å². The smallest absolute Gasteiger partial charge is 0.308 e. The van der Waals surface area contributed by atoms with Gasteiger partial charge < -0.3 is 10.0 Å². The highest BCUT2D eigenvalue weighted by atomic mass is 79.9. The van der Waals surface area contributed by atoms with Crippen LogP contribution in [0.5, 0.6) is 0 Å². The Morgan fingerprint density at radius 2 is 2.14 bits per heavy atom. The van der Waals surface area contributed by atoms with Crippen LogP contribution in [0.4, 0.5) is 0 Å². The minimum Gasteiger partial charge on any atom is -0.481 e. The first-order valence-electron chi connectivity index (χ1n) is 7.04. The molecule has 0 radical (unpaired) electrons. The van der Waals surface area contributed by atoms with Crippen molar-refractivity contribution < 1.29 is 14.7 Å². The highest BCUT2D eigenvalue weighted by Gasteiger charge is 2.32. The van der Waals surface area contributed by atoms with E-state index in [-0.39, 0.29) is 12.5 Å². The van der Waals surface area contributed by atoms with Crippen molar-refractivity contribution in [2.75, 3.05) is 13.1 Å². The first-order chi connectivity index (χ1) is 10.5. The number of pyridine rings is 1. The molecule has 0 unspecified atom stereocenters. The summed E-state index contributed by atoms with van der Waals surface area (Å²) in [6, 6.07) is 7.40. The molecule has 114 valence electrons. The number of aromatic nitrogens is 1. The number of amides is 1. The normalized spacial score (nSPS) is 17.9. The lowest BCUT2D eigenvalue weighted by Gasteiger charge is -2.17. The van der Waals surface area contributed by atoms with Crippen LogP contribution in [0.15, 0.2) is 28.7 Å². The highest BCUT2D eigenvalue weighted by Crippen LogP contribution is 2.26. The number of rotatable bonds is 2. The largest absolute Gasteiger partial charge is 0.481 e. The molecule has 1 aliphatic heterocycles. The molecule has 1 aromatic heterocycles. The van der Waals surface area contributed by atoms with Crippen molar-refractivity contribution in [3.05, 3.63) is 40.0 Å². The number of hydrogen-bond acceptors (Lipinski definition) is 3. The van der Waals surface area contributed by atoms with Crippen LogP contribution in [0.1, 0.15) is 22.5 Å². The lowest BCUT2D eigenvalue weighted by Crippen LogP contribution is -2.30. The Kier molecular flexibility index (Phi) is 3.87. The number of aryl methyl sites for hydroxylation is 1. The molecule has 3 rings (SSSR count). The second-order valence-electron chi connectivity index (χ2n) is 5.55. The van der Waals surface area contributed by atoms with Crippen LogP contribution in [0.3, 0.4) is 0 Å². The molecule has 0 saturated carbocycles. The van der Waals surface area contributed by atoms with E-state index in [1.165, 1.54) is 0 Å². The lowest BCUT2D eigenvalue weighted by atomic mass is 10.1. The number of halogens is 1. The lowest BCUT2D eigenvalue weighted by molar-refractivity contribution is -0.141. The Morgan fingerprint density at radius 3 is 2.82 bits per heavy atom. The molecule has 0 spiro atoms. The Morgan fingerprint density at radius 1 is 1.36 bits per heavy atom. The molecule has 1 aromatic carbocycles. The minimum absolute atomic E-state index is 0.127. The monoisotopic (exact) mass is 362 g/mol. The van der Waals surface area contributed by atoms with Gasteiger partial charge in [0.1, 0.15) is 0 Å². The van der Waals surface area contributed by atoms with Crippen LogP contribution in [0.25, 0.3) is 10.9 Å². The summed E-state index contributed by atoms with van der Waals surface area (Å²) < 4.78 is 0.879. The maximum Gasteiger partial charge on any atom is 0.308 e. The van der Waals surface area contributed by atoms with Gasteiger partial charge >= 0.3 is 5.97 Å². The zero-order valence-corrected chi connectivity index (χ0v) is 13.6. The number of likely N-dealkylation sites (tertiary alicyclic amines) is 1. The van der Waals surface area contributed by atoms with Crippen molar-refractivity contribution >= 4 is 38.7 Å². The van der Waals surface area contributed by atoms with Gasteiger partial charge in [0.2, 0.25) is 0 Å². The number of carboxylic acid groups (broad SMARTS) is 1. The highest BCUT2D eigenvalue weighted by molar-refractivity contribution is 9.10. The second kappa shape index (κ2) is 5.68. The molecule has 0 bridgehead atoms. The van der Waals surface area contributed by atoms with Crippen LogP contribution >= 0.6 is 15.9 Å². The van der Waals surface area contributed by atoms with E-state index in [1.807, 2.05) is 25.1 Å². The third-order valence-electron chi connectivity index (χ3n) is 3.95. The summed E-state index contributed by atoms with van der Waals surface area (Å²) in [4.78, 5) is 29.9. The average Bonchev–Trinajstić information content (AvgIpc) is 2.96. The Balaban J connectivity index is 2.01. The summed E-state index contributed by atoms with van der Waals surface area (Å²) >= 11 is 3.42. The van der Waals surface area contributed by atoms with Gasteiger partial charge in [0, 0.05) is 28.6 Å². The topological polar surface area (TPSA) is 70.5 Å². The molecule has 6 heteroatoms. The molecule has 2 aromatic rings. The third kappa shape index (κ3) is 2.70. The van der Waals surface area contributed by atoms with Crippen molar-refractivity contribution in [1.29, 1.82) is 0 Å². The zero-order valence-electron chi connectivity index (χ0n) is 12.0. The zero-order chi connectivity index (χ0) is 15.9. The van der Waals surface area contributed by atoms with Gasteiger partial charge in [-0.25, -0.2) is 0 Å². The Bertz CT molecular complexity index is 775. The fourth-order valence-electron chi connectivity index (χ4n) is 2.82. The van der Waals surface area contributed by atoms with Gasteiger partial charge in [-0.05, 0) is 37.6 Å². The number of hydrogen-bond donors (Lipinski definition) is 1. The molecule has 2 heterocycles. The second-order valence-corrected chi connectivity index (χ2v) is 6.46. The number of carbonyl (C=O) groups is 2. The molecule has 1 aliphatic rings. The average molecular weight is 363 g/mol. The predicted molar refractivity (Wildman–Crippen MR) is 85.8 cm³/mol. The number of benzene rings is 1. The molecular weight excluding hydrogens is 348 g/mol. The molecule has 0 aliphatic carbocycles. The standard InChI is InChI=1S/C16H15BrN2O3/c1-9-6-13(12-7-11(17)2-3-14(12)18-9)15(20)19-5-4-10(8-19)16(21)22/h2-3,6-7,10H,4-5,8H2,1H3,(H,21,22)/t10-/m1/s1. The van der Waals surface area contributed by atoms with Gasteiger partial charge in [0.15, 0.2) is 0 Å². The van der Waals surface area contributed by atoms with E-state index in [1.54, 1.807) is 11.0 Å². The number of fused-ring (bicyclic) bond motifs is 1. The molecule has 5 nitrogen and oxygen atoms in total.